The molecule has 1 aromatic heterocycles. The van der Waals surface area contributed by atoms with Crippen molar-refractivity contribution in [2.24, 2.45) is 5.41 Å². The standard InChI is InChI=1S/C12H22N4/c1-9(11-13-8-14-16-11)15-10-6-4-5-7-12(10,2)3/h8-10,15H,4-7H2,1-3H3,(H,13,14,16). The molecule has 0 bridgehead atoms. The molecule has 2 atom stereocenters. The number of aromatic nitrogens is 3. The highest BCUT2D eigenvalue weighted by Gasteiger charge is 2.33. The van der Waals surface area contributed by atoms with Crippen molar-refractivity contribution in [2.75, 3.05) is 0 Å². The average Bonchev–Trinajstić information content (AvgIpc) is 2.74. The number of hydrogen-bond acceptors (Lipinski definition) is 3. The van der Waals surface area contributed by atoms with Gasteiger partial charge in [-0.25, -0.2) is 4.98 Å². The molecule has 2 N–H and O–H groups in total. The summed E-state index contributed by atoms with van der Waals surface area (Å²) in [5, 5.41) is 10.5. The summed E-state index contributed by atoms with van der Waals surface area (Å²) in [6, 6.07) is 0.839. The van der Waals surface area contributed by atoms with Crippen LogP contribution in [0.15, 0.2) is 6.33 Å². The van der Waals surface area contributed by atoms with Crippen LogP contribution in [0.1, 0.15) is 58.3 Å². The van der Waals surface area contributed by atoms with E-state index in [4.69, 9.17) is 0 Å². The van der Waals surface area contributed by atoms with Crippen LogP contribution in [0.4, 0.5) is 0 Å². The number of nitrogens with one attached hydrogen (secondary N) is 2. The summed E-state index contributed by atoms with van der Waals surface area (Å²) in [5.41, 5.74) is 0.395. The zero-order valence-electron chi connectivity index (χ0n) is 10.5. The van der Waals surface area contributed by atoms with Crippen molar-refractivity contribution in [3.63, 3.8) is 0 Å². The second-order valence-electron chi connectivity index (χ2n) is 5.55. The van der Waals surface area contributed by atoms with Crippen molar-refractivity contribution in [1.82, 2.24) is 20.5 Å². The van der Waals surface area contributed by atoms with Crippen LogP contribution < -0.4 is 5.32 Å². The van der Waals surface area contributed by atoms with Gasteiger partial charge in [-0.3, -0.25) is 5.10 Å². The summed E-state index contributed by atoms with van der Waals surface area (Å²) in [6.07, 6.45) is 6.85. The lowest BCUT2D eigenvalue weighted by Gasteiger charge is -2.40. The minimum atomic E-state index is 0.255. The Balaban J connectivity index is 1.98. The van der Waals surface area contributed by atoms with Gasteiger partial charge in [0.1, 0.15) is 12.2 Å². The van der Waals surface area contributed by atoms with Gasteiger partial charge >= 0.3 is 0 Å². The van der Waals surface area contributed by atoms with Crippen LogP contribution in [0.3, 0.4) is 0 Å². The third-order valence-corrected chi connectivity index (χ3v) is 3.80. The first-order valence-electron chi connectivity index (χ1n) is 6.21. The predicted molar refractivity (Wildman–Crippen MR) is 64.0 cm³/mol. The molecular formula is C12H22N4. The Morgan fingerprint density at radius 1 is 1.50 bits per heavy atom. The highest BCUT2D eigenvalue weighted by molar-refractivity contribution is 4.95. The van der Waals surface area contributed by atoms with Crippen molar-refractivity contribution in [3.8, 4) is 0 Å². The van der Waals surface area contributed by atoms with E-state index >= 15 is 0 Å². The van der Waals surface area contributed by atoms with E-state index in [2.05, 4.69) is 41.3 Å². The molecule has 1 saturated carbocycles. The van der Waals surface area contributed by atoms with E-state index < -0.39 is 0 Å². The first-order chi connectivity index (χ1) is 7.59. The Morgan fingerprint density at radius 2 is 2.31 bits per heavy atom. The van der Waals surface area contributed by atoms with Gasteiger partial charge in [-0.1, -0.05) is 26.7 Å². The molecule has 0 spiro atoms. The summed E-state index contributed by atoms with van der Waals surface area (Å²) in [5.74, 6) is 0.932. The Labute approximate surface area is 97.2 Å². The van der Waals surface area contributed by atoms with Crippen molar-refractivity contribution in [1.29, 1.82) is 0 Å². The molecule has 90 valence electrons. The van der Waals surface area contributed by atoms with E-state index in [1.807, 2.05) is 0 Å². The molecule has 4 heteroatoms. The van der Waals surface area contributed by atoms with Gasteiger partial charge < -0.3 is 5.32 Å². The Kier molecular flexibility index (Phi) is 3.28. The lowest BCUT2D eigenvalue weighted by Crippen LogP contribution is -2.45. The molecule has 0 aliphatic heterocycles. The lowest BCUT2D eigenvalue weighted by atomic mass is 9.73. The molecule has 1 aliphatic carbocycles. The van der Waals surface area contributed by atoms with Crippen LogP contribution in [-0.4, -0.2) is 21.2 Å². The number of hydrogen-bond donors (Lipinski definition) is 2. The normalized spacial score (nSPS) is 26.6. The molecule has 1 aromatic rings. The van der Waals surface area contributed by atoms with Crippen LogP contribution in [-0.2, 0) is 0 Å². The van der Waals surface area contributed by atoms with Crippen LogP contribution in [0, 0.1) is 5.41 Å². The fourth-order valence-corrected chi connectivity index (χ4v) is 2.61. The molecule has 1 heterocycles. The van der Waals surface area contributed by atoms with Crippen LogP contribution in [0.5, 0.6) is 0 Å². The minimum Gasteiger partial charge on any atom is -0.304 e. The fourth-order valence-electron chi connectivity index (χ4n) is 2.61. The van der Waals surface area contributed by atoms with E-state index in [1.54, 1.807) is 6.33 Å². The molecule has 1 fully saturated rings. The topological polar surface area (TPSA) is 53.6 Å². The molecule has 0 aromatic carbocycles. The number of aromatic amines is 1. The largest absolute Gasteiger partial charge is 0.304 e. The molecule has 2 unspecified atom stereocenters. The van der Waals surface area contributed by atoms with Crippen molar-refractivity contribution in [2.45, 2.75) is 58.5 Å². The summed E-state index contributed by atoms with van der Waals surface area (Å²) in [6.45, 7) is 6.86. The van der Waals surface area contributed by atoms with E-state index in [0.717, 1.165) is 5.82 Å². The van der Waals surface area contributed by atoms with Gasteiger partial charge in [-0.2, -0.15) is 5.10 Å². The maximum atomic E-state index is 4.20. The quantitative estimate of drug-likeness (QED) is 0.826. The molecule has 16 heavy (non-hydrogen) atoms. The van der Waals surface area contributed by atoms with Gasteiger partial charge in [-0.15, -0.1) is 0 Å². The summed E-state index contributed by atoms with van der Waals surface area (Å²) >= 11 is 0. The Morgan fingerprint density at radius 3 is 2.94 bits per heavy atom. The monoisotopic (exact) mass is 222 g/mol. The van der Waals surface area contributed by atoms with Gasteiger partial charge in [0.05, 0.1) is 6.04 Å². The fraction of sp³-hybridized carbons (Fsp3) is 0.833. The van der Waals surface area contributed by atoms with Crippen LogP contribution in [0.2, 0.25) is 0 Å². The highest BCUT2D eigenvalue weighted by atomic mass is 15.2. The molecule has 0 amide bonds. The third-order valence-electron chi connectivity index (χ3n) is 3.80. The number of H-pyrrole nitrogens is 1. The predicted octanol–water partition coefficient (Wildman–Crippen LogP) is 2.42. The number of rotatable bonds is 3. The molecule has 4 nitrogen and oxygen atoms in total. The van der Waals surface area contributed by atoms with Crippen molar-refractivity contribution >= 4 is 0 Å². The Bertz CT molecular complexity index is 318. The first kappa shape index (κ1) is 11.6. The highest BCUT2D eigenvalue weighted by Crippen LogP contribution is 2.36. The van der Waals surface area contributed by atoms with Crippen LogP contribution >= 0.6 is 0 Å². The van der Waals surface area contributed by atoms with Gasteiger partial charge in [0, 0.05) is 6.04 Å². The molecule has 2 rings (SSSR count). The van der Waals surface area contributed by atoms with Crippen molar-refractivity contribution < 1.29 is 0 Å². The van der Waals surface area contributed by atoms with Gasteiger partial charge in [-0.05, 0) is 25.2 Å². The zero-order valence-corrected chi connectivity index (χ0v) is 10.5. The first-order valence-corrected chi connectivity index (χ1v) is 6.21. The van der Waals surface area contributed by atoms with Crippen LogP contribution in [0.25, 0.3) is 0 Å². The molecule has 0 saturated heterocycles. The maximum Gasteiger partial charge on any atom is 0.141 e. The second kappa shape index (κ2) is 4.53. The van der Waals surface area contributed by atoms with Crippen molar-refractivity contribution in [3.05, 3.63) is 12.2 Å². The summed E-state index contributed by atoms with van der Waals surface area (Å²) < 4.78 is 0. The van der Waals surface area contributed by atoms with Gasteiger partial charge in [0.25, 0.3) is 0 Å². The molecule has 1 aliphatic rings. The zero-order chi connectivity index (χ0) is 11.6. The maximum absolute atomic E-state index is 4.20. The van der Waals surface area contributed by atoms with E-state index in [-0.39, 0.29) is 6.04 Å². The van der Waals surface area contributed by atoms with E-state index in [9.17, 15) is 0 Å². The Hall–Kier alpha value is -0.900. The third kappa shape index (κ3) is 2.43. The number of nitrogens with zero attached hydrogens (tertiary/aromatic N) is 2. The minimum absolute atomic E-state index is 0.255. The van der Waals surface area contributed by atoms with E-state index in [0.29, 0.717) is 11.5 Å². The average molecular weight is 222 g/mol. The molecular weight excluding hydrogens is 200 g/mol. The SMILES string of the molecule is CC(NC1CCCCC1(C)C)c1ncn[nH]1. The van der Waals surface area contributed by atoms with E-state index in [1.165, 1.54) is 25.7 Å². The molecule has 0 radical (unpaired) electrons. The second-order valence-corrected chi connectivity index (χ2v) is 5.55. The van der Waals surface area contributed by atoms with Gasteiger partial charge in [0.15, 0.2) is 0 Å². The smallest absolute Gasteiger partial charge is 0.141 e. The summed E-state index contributed by atoms with van der Waals surface area (Å²) in [7, 11) is 0. The lowest BCUT2D eigenvalue weighted by molar-refractivity contribution is 0.156. The summed E-state index contributed by atoms with van der Waals surface area (Å²) in [4.78, 5) is 4.20. The van der Waals surface area contributed by atoms with Gasteiger partial charge in [0.2, 0.25) is 0 Å².